The molecule has 2 rings (SSSR count). The molecule has 0 radical (unpaired) electrons. The fourth-order valence-corrected chi connectivity index (χ4v) is 2.67. The third kappa shape index (κ3) is 5.01. The first-order chi connectivity index (χ1) is 9.28. The fourth-order valence-electron chi connectivity index (χ4n) is 2.54. The average Bonchev–Trinajstić information content (AvgIpc) is 2.85. The lowest BCUT2D eigenvalue weighted by molar-refractivity contribution is 0.239. The van der Waals surface area contributed by atoms with Gasteiger partial charge in [-0.15, -0.1) is 0 Å². The first-order valence-corrected chi connectivity index (χ1v) is 7.37. The molecule has 1 fully saturated rings. The molecule has 1 aliphatic heterocycles. The Morgan fingerprint density at radius 3 is 2.84 bits per heavy atom. The Bertz CT molecular complexity index is 369. The standard InChI is InChI=1S/C15H22ClNO2/c16-14-2-4-15(5-3-14)19-11-1-8-17-9-6-13(12-17)7-10-18/h2-5,13,18H,1,6-12H2. The number of halogens is 1. The predicted molar refractivity (Wildman–Crippen MR) is 77.8 cm³/mol. The lowest BCUT2D eigenvalue weighted by atomic mass is 10.1. The summed E-state index contributed by atoms with van der Waals surface area (Å²) in [6.45, 7) is 4.42. The third-order valence-electron chi connectivity index (χ3n) is 3.61. The highest BCUT2D eigenvalue weighted by Crippen LogP contribution is 2.19. The first kappa shape index (κ1) is 14.6. The molecule has 0 amide bonds. The average molecular weight is 284 g/mol. The van der Waals surface area contributed by atoms with Crippen molar-refractivity contribution in [1.82, 2.24) is 4.90 Å². The molecule has 0 aliphatic carbocycles. The van der Waals surface area contributed by atoms with Gasteiger partial charge in [0, 0.05) is 24.7 Å². The predicted octanol–water partition coefficient (Wildman–Crippen LogP) is 2.81. The molecule has 1 heterocycles. The van der Waals surface area contributed by atoms with Gasteiger partial charge in [-0.1, -0.05) is 11.6 Å². The highest BCUT2D eigenvalue weighted by molar-refractivity contribution is 6.30. The lowest BCUT2D eigenvalue weighted by Crippen LogP contribution is -2.23. The van der Waals surface area contributed by atoms with Gasteiger partial charge in [0.15, 0.2) is 0 Å². The molecule has 1 unspecified atom stereocenters. The van der Waals surface area contributed by atoms with Crippen LogP contribution in [0.2, 0.25) is 5.02 Å². The monoisotopic (exact) mass is 283 g/mol. The van der Waals surface area contributed by atoms with Crippen LogP contribution >= 0.6 is 11.6 Å². The zero-order valence-corrected chi connectivity index (χ0v) is 12.0. The van der Waals surface area contributed by atoms with Gasteiger partial charge >= 0.3 is 0 Å². The molecular weight excluding hydrogens is 262 g/mol. The summed E-state index contributed by atoms with van der Waals surface area (Å²) in [5, 5.41) is 9.66. The molecule has 1 atom stereocenters. The zero-order valence-electron chi connectivity index (χ0n) is 11.2. The smallest absolute Gasteiger partial charge is 0.119 e. The van der Waals surface area contributed by atoms with Crippen molar-refractivity contribution in [3.63, 3.8) is 0 Å². The normalized spacial score (nSPS) is 19.8. The van der Waals surface area contributed by atoms with Crippen molar-refractivity contribution in [2.75, 3.05) is 32.8 Å². The highest BCUT2D eigenvalue weighted by atomic mass is 35.5. The van der Waals surface area contributed by atoms with Crippen molar-refractivity contribution in [1.29, 1.82) is 0 Å². The van der Waals surface area contributed by atoms with Gasteiger partial charge in [0.2, 0.25) is 0 Å². The quantitative estimate of drug-likeness (QED) is 0.781. The molecule has 0 aromatic heterocycles. The van der Waals surface area contributed by atoms with Crippen LogP contribution in [-0.4, -0.2) is 42.9 Å². The van der Waals surface area contributed by atoms with E-state index in [0.29, 0.717) is 12.5 Å². The van der Waals surface area contributed by atoms with Crippen LogP contribution in [-0.2, 0) is 0 Å². The van der Waals surface area contributed by atoms with E-state index >= 15 is 0 Å². The van der Waals surface area contributed by atoms with Crippen LogP contribution in [0.1, 0.15) is 19.3 Å². The molecule has 106 valence electrons. The minimum Gasteiger partial charge on any atom is -0.494 e. The van der Waals surface area contributed by atoms with Gasteiger partial charge in [-0.05, 0) is 56.0 Å². The van der Waals surface area contributed by atoms with Gasteiger partial charge in [0.1, 0.15) is 5.75 Å². The Labute approximate surface area is 120 Å². The van der Waals surface area contributed by atoms with E-state index in [1.165, 1.54) is 6.42 Å². The number of aliphatic hydroxyl groups is 1. The van der Waals surface area contributed by atoms with E-state index < -0.39 is 0 Å². The second-order valence-corrected chi connectivity index (χ2v) is 5.56. The summed E-state index contributed by atoms with van der Waals surface area (Å²) in [5.74, 6) is 1.56. The highest BCUT2D eigenvalue weighted by Gasteiger charge is 2.21. The van der Waals surface area contributed by atoms with Crippen LogP contribution < -0.4 is 4.74 Å². The number of nitrogens with zero attached hydrogens (tertiary/aromatic N) is 1. The Balaban J connectivity index is 1.58. The van der Waals surface area contributed by atoms with Gasteiger partial charge in [-0.25, -0.2) is 0 Å². The van der Waals surface area contributed by atoms with Crippen LogP contribution in [0.15, 0.2) is 24.3 Å². The van der Waals surface area contributed by atoms with E-state index in [0.717, 1.165) is 49.9 Å². The number of hydrogen-bond donors (Lipinski definition) is 1. The van der Waals surface area contributed by atoms with Gasteiger partial charge < -0.3 is 14.7 Å². The first-order valence-electron chi connectivity index (χ1n) is 6.99. The van der Waals surface area contributed by atoms with E-state index in [1.54, 1.807) is 0 Å². The maximum absolute atomic E-state index is 8.92. The number of hydrogen-bond acceptors (Lipinski definition) is 3. The molecular formula is C15H22ClNO2. The number of benzene rings is 1. The Morgan fingerprint density at radius 1 is 1.32 bits per heavy atom. The SMILES string of the molecule is OCCC1CCN(CCCOc2ccc(Cl)cc2)C1. The summed E-state index contributed by atoms with van der Waals surface area (Å²) in [6.07, 6.45) is 3.20. The molecule has 1 N–H and O–H groups in total. The molecule has 1 aromatic carbocycles. The van der Waals surface area contributed by atoms with Crippen molar-refractivity contribution in [3.8, 4) is 5.75 Å². The van der Waals surface area contributed by atoms with Crippen LogP contribution in [0.25, 0.3) is 0 Å². The third-order valence-corrected chi connectivity index (χ3v) is 3.86. The maximum Gasteiger partial charge on any atom is 0.119 e. The maximum atomic E-state index is 8.92. The summed E-state index contributed by atoms with van der Waals surface area (Å²) in [6, 6.07) is 7.48. The summed E-state index contributed by atoms with van der Waals surface area (Å²) in [5.41, 5.74) is 0. The molecule has 19 heavy (non-hydrogen) atoms. The second kappa shape index (κ2) is 7.73. The number of ether oxygens (including phenoxy) is 1. The van der Waals surface area contributed by atoms with Gasteiger partial charge in [0.05, 0.1) is 6.61 Å². The van der Waals surface area contributed by atoms with Crippen LogP contribution in [0, 0.1) is 5.92 Å². The summed E-state index contributed by atoms with van der Waals surface area (Å²) in [7, 11) is 0. The van der Waals surface area contributed by atoms with E-state index in [-0.39, 0.29) is 0 Å². The molecule has 0 bridgehead atoms. The van der Waals surface area contributed by atoms with Crippen molar-refractivity contribution >= 4 is 11.6 Å². The van der Waals surface area contributed by atoms with Crippen molar-refractivity contribution in [3.05, 3.63) is 29.3 Å². The summed E-state index contributed by atoms with van der Waals surface area (Å²) in [4.78, 5) is 2.46. The zero-order chi connectivity index (χ0) is 13.5. The molecule has 0 saturated carbocycles. The Morgan fingerprint density at radius 2 is 2.11 bits per heavy atom. The lowest BCUT2D eigenvalue weighted by Gasteiger charge is -2.15. The van der Waals surface area contributed by atoms with Crippen LogP contribution in [0.5, 0.6) is 5.75 Å². The van der Waals surface area contributed by atoms with E-state index in [1.807, 2.05) is 24.3 Å². The molecule has 0 spiro atoms. The Kier molecular flexibility index (Phi) is 5.95. The molecule has 4 heteroatoms. The molecule has 1 aliphatic rings. The van der Waals surface area contributed by atoms with E-state index in [9.17, 15) is 0 Å². The number of aliphatic hydroxyl groups excluding tert-OH is 1. The van der Waals surface area contributed by atoms with Crippen LogP contribution in [0.4, 0.5) is 0 Å². The number of likely N-dealkylation sites (tertiary alicyclic amines) is 1. The summed E-state index contributed by atoms with van der Waals surface area (Å²) < 4.78 is 5.67. The molecule has 1 aromatic rings. The molecule has 1 saturated heterocycles. The molecule has 3 nitrogen and oxygen atoms in total. The van der Waals surface area contributed by atoms with Crippen molar-refractivity contribution < 1.29 is 9.84 Å². The van der Waals surface area contributed by atoms with Gasteiger partial charge in [-0.2, -0.15) is 0 Å². The largest absolute Gasteiger partial charge is 0.494 e. The van der Waals surface area contributed by atoms with E-state index in [2.05, 4.69) is 4.90 Å². The fraction of sp³-hybridized carbons (Fsp3) is 0.600. The summed E-state index contributed by atoms with van der Waals surface area (Å²) >= 11 is 5.82. The van der Waals surface area contributed by atoms with Crippen molar-refractivity contribution in [2.24, 2.45) is 5.92 Å². The van der Waals surface area contributed by atoms with Crippen LogP contribution in [0.3, 0.4) is 0 Å². The topological polar surface area (TPSA) is 32.7 Å². The second-order valence-electron chi connectivity index (χ2n) is 5.12. The minimum absolute atomic E-state index is 0.318. The number of rotatable bonds is 7. The van der Waals surface area contributed by atoms with E-state index in [4.69, 9.17) is 21.4 Å². The minimum atomic E-state index is 0.318. The van der Waals surface area contributed by atoms with Crippen molar-refractivity contribution in [2.45, 2.75) is 19.3 Å². The van der Waals surface area contributed by atoms with Gasteiger partial charge in [0.25, 0.3) is 0 Å². The van der Waals surface area contributed by atoms with Gasteiger partial charge in [-0.3, -0.25) is 0 Å². The Hall–Kier alpha value is -0.770.